The highest BCUT2D eigenvalue weighted by Gasteiger charge is 2.32. The Balaban J connectivity index is 0.000000492. The van der Waals surface area contributed by atoms with E-state index in [0.717, 1.165) is 4.90 Å². The van der Waals surface area contributed by atoms with E-state index in [1.807, 2.05) is 0 Å². The molecule has 0 saturated heterocycles. The first-order chi connectivity index (χ1) is 8.43. The van der Waals surface area contributed by atoms with Crippen molar-refractivity contribution in [1.29, 1.82) is 0 Å². The normalized spacial score (nSPS) is 12.9. The first kappa shape index (κ1) is 13.9. The van der Waals surface area contributed by atoms with Crippen LogP contribution in [-0.2, 0) is 0 Å². The number of amides is 3. The highest BCUT2D eigenvalue weighted by atomic mass is 16.2. The molecular formula is C13H16N2O3. The lowest BCUT2D eigenvalue weighted by molar-refractivity contribution is 0.0693. The van der Waals surface area contributed by atoms with Gasteiger partial charge in [0.2, 0.25) is 5.91 Å². The Morgan fingerprint density at radius 1 is 1.17 bits per heavy atom. The second kappa shape index (κ2) is 5.44. The van der Waals surface area contributed by atoms with E-state index in [-0.39, 0.29) is 17.0 Å². The van der Waals surface area contributed by atoms with E-state index in [0.29, 0.717) is 5.56 Å². The van der Waals surface area contributed by atoms with E-state index in [1.165, 1.54) is 31.7 Å². The summed E-state index contributed by atoms with van der Waals surface area (Å²) in [7, 11) is 1.40. The number of rotatable bonds is 1. The van der Waals surface area contributed by atoms with E-state index in [9.17, 15) is 14.4 Å². The minimum Gasteiger partial charge on any atom is -0.366 e. The SMILES string of the molecule is CCC.CN1C(=O)c2ccc(C(N)=O)cc2C1=O. The van der Waals surface area contributed by atoms with Crippen LogP contribution in [0, 0.1) is 0 Å². The van der Waals surface area contributed by atoms with Crippen molar-refractivity contribution >= 4 is 17.7 Å². The van der Waals surface area contributed by atoms with Crippen LogP contribution in [0.3, 0.4) is 0 Å². The summed E-state index contributed by atoms with van der Waals surface area (Å²) >= 11 is 0. The maximum atomic E-state index is 11.5. The van der Waals surface area contributed by atoms with Crippen LogP contribution < -0.4 is 5.73 Å². The molecule has 96 valence electrons. The zero-order valence-electron chi connectivity index (χ0n) is 10.7. The molecule has 0 aliphatic carbocycles. The third-order valence-electron chi connectivity index (χ3n) is 2.37. The van der Waals surface area contributed by atoms with Crippen molar-refractivity contribution in [3.05, 3.63) is 34.9 Å². The zero-order chi connectivity index (χ0) is 13.9. The zero-order valence-corrected chi connectivity index (χ0v) is 10.7. The molecule has 0 fully saturated rings. The van der Waals surface area contributed by atoms with Crippen LogP contribution in [0.2, 0.25) is 0 Å². The molecule has 1 aliphatic rings. The maximum Gasteiger partial charge on any atom is 0.261 e. The minimum atomic E-state index is -0.618. The van der Waals surface area contributed by atoms with Crippen LogP contribution in [0.1, 0.15) is 51.3 Å². The Hall–Kier alpha value is -2.17. The minimum absolute atomic E-state index is 0.227. The van der Waals surface area contributed by atoms with E-state index < -0.39 is 11.8 Å². The van der Waals surface area contributed by atoms with Gasteiger partial charge in [-0.15, -0.1) is 0 Å². The smallest absolute Gasteiger partial charge is 0.261 e. The Bertz CT molecular complexity index is 509. The van der Waals surface area contributed by atoms with Gasteiger partial charge in [0.05, 0.1) is 11.1 Å². The van der Waals surface area contributed by atoms with Gasteiger partial charge in [-0.3, -0.25) is 19.3 Å². The number of carbonyl (C=O) groups excluding carboxylic acids is 3. The summed E-state index contributed by atoms with van der Waals surface area (Å²) in [5, 5.41) is 0. The molecule has 0 unspecified atom stereocenters. The monoisotopic (exact) mass is 248 g/mol. The lowest BCUT2D eigenvalue weighted by Crippen LogP contribution is -2.24. The molecule has 1 aliphatic heterocycles. The molecule has 0 aromatic heterocycles. The number of hydrogen-bond acceptors (Lipinski definition) is 3. The van der Waals surface area contributed by atoms with Crippen LogP contribution in [0.5, 0.6) is 0 Å². The van der Waals surface area contributed by atoms with Gasteiger partial charge in [-0.2, -0.15) is 0 Å². The lowest BCUT2D eigenvalue weighted by Gasteiger charge is -2.02. The van der Waals surface area contributed by atoms with Crippen molar-refractivity contribution in [3.63, 3.8) is 0 Å². The number of carbonyl (C=O) groups is 3. The predicted octanol–water partition coefficient (Wildman–Crippen LogP) is 1.43. The fourth-order valence-electron chi connectivity index (χ4n) is 1.51. The highest BCUT2D eigenvalue weighted by molar-refractivity contribution is 6.21. The first-order valence-electron chi connectivity index (χ1n) is 5.70. The lowest BCUT2D eigenvalue weighted by atomic mass is 10.1. The number of imide groups is 1. The number of nitrogens with zero attached hydrogens (tertiary/aromatic N) is 1. The Kier molecular flexibility index (Phi) is 4.20. The van der Waals surface area contributed by atoms with Crippen LogP contribution in [0.25, 0.3) is 0 Å². The quantitative estimate of drug-likeness (QED) is 0.763. The van der Waals surface area contributed by atoms with Gasteiger partial charge in [-0.1, -0.05) is 20.3 Å². The van der Waals surface area contributed by atoms with Gasteiger partial charge in [-0.25, -0.2) is 0 Å². The van der Waals surface area contributed by atoms with Crippen molar-refractivity contribution in [2.75, 3.05) is 7.05 Å². The number of fused-ring (bicyclic) bond motifs is 1. The van der Waals surface area contributed by atoms with E-state index in [1.54, 1.807) is 0 Å². The van der Waals surface area contributed by atoms with E-state index >= 15 is 0 Å². The Labute approximate surface area is 106 Å². The average molecular weight is 248 g/mol. The van der Waals surface area contributed by atoms with Crippen molar-refractivity contribution in [2.45, 2.75) is 20.3 Å². The molecule has 0 radical (unpaired) electrons. The van der Waals surface area contributed by atoms with Crippen molar-refractivity contribution < 1.29 is 14.4 Å². The number of benzene rings is 1. The molecule has 1 heterocycles. The van der Waals surface area contributed by atoms with Gasteiger partial charge < -0.3 is 5.73 Å². The fraction of sp³-hybridized carbons (Fsp3) is 0.308. The van der Waals surface area contributed by atoms with Crippen LogP contribution in [0.4, 0.5) is 0 Å². The third kappa shape index (κ3) is 2.40. The third-order valence-corrected chi connectivity index (χ3v) is 2.37. The van der Waals surface area contributed by atoms with Crippen molar-refractivity contribution in [1.82, 2.24) is 4.90 Å². The summed E-state index contributed by atoms with van der Waals surface area (Å²) in [4.78, 5) is 34.9. The van der Waals surface area contributed by atoms with Crippen LogP contribution >= 0.6 is 0 Å². The standard InChI is InChI=1S/C10H8N2O3.C3H8/c1-12-9(14)6-3-2-5(8(11)13)4-7(6)10(12)15;1-3-2/h2-4H,1H3,(H2,11,13);3H2,1-2H3. The number of hydrogen-bond donors (Lipinski definition) is 1. The largest absolute Gasteiger partial charge is 0.366 e. The van der Waals surface area contributed by atoms with Crippen LogP contribution in [-0.4, -0.2) is 29.7 Å². The molecule has 0 bridgehead atoms. The van der Waals surface area contributed by atoms with Gasteiger partial charge in [-0.05, 0) is 18.2 Å². The molecule has 1 aromatic rings. The van der Waals surface area contributed by atoms with Crippen LogP contribution in [0.15, 0.2) is 18.2 Å². The summed E-state index contributed by atoms with van der Waals surface area (Å²) in [5.41, 5.74) is 5.85. The average Bonchev–Trinajstić information content (AvgIpc) is 2.55. The summed E-state index contributed by atoms with van der Waals surface area (Å²) in [6.45, 7) is 4.25. The maximum absolute atomic E-state index is 11.5. The summed E-state index contributed by atoms with van der Waals surface area (Å²) in [6.07, 6.45) is 1.25. The summed E-state index contributed by atoms with van der Waals surface area (Å²) in [5.74, 6) is -1.38. The molecule has 5 heteroatoms. The Morgan fingerprint density at radius 2 is 1.67 bits per heavy atom. The predicted molar refractivity (Wildman–Crippen MR) is 67.3 cm³/mol. The van der Waals surface area contributed by atoms with Crippen molar-refractivity contribution in [2.24, 2.45) is 5.73 Å². The van der Waals surface area contributed by atoms with Gasteiger partial charge in [0.1, 0.15) is 0 Å². The topological polar surface area (TPSA) is 80.5 Å². The summed E-state index contributed by atoms with van der Waals surface area (Å²) in [6, 6.07) is 4.23. The molecule has 2 rings (SSSR count). The first-order valence-corrected chi connectivity index (χ1v) is 5.70. The molecule has 18 heavy (non-hydrogen) atoms. The molecule has 0 spiro atoms. The molecular weight excluding hydrogens is 232 g/mol. The Morgan fingerprint density at radius 3 is 2.17 bits per heavy atom. The van der Waals surface area contributed by atoms with Gasteiger partial charge in [0.25, 0.3) is 11.8 Å². The van der Waals surface area contributed by atoms with Gasteiger partial charge in [0.15, 0.2) is 0 Å². The second-order valence-corrected chi connectivity index (χ2v) is 4.00. The van der Waals surface area contributed by atoms with E-state index in [4.69, 9.17) is 5.73 Å². The number of primary amides is 1. The van der Waals surface area contributed by atoms with Crippen molar-refractivity contribution in [3.8, 4) is 0 Å². The van der Waals surface area contributed by atoms with E-state index in [2.05, 4.69) is 13.8 Å². The molecule has 3 amide bonds. The molecule has 1 aromatic carbocycles. The van der Waals surface area contributed by atoms with Gasteiger partial charge in [0, 0.05) is 12.6 Å². The van der Waals surface area contributed by atoms with Gasteiger partial charge >= 0.3 is 0 Å². The fourth-order valence-corrected chi connectivity index (χ4v) is 1.51. The summed E-state index contributed by atoms with van der Waals surface area (Å²) < 4.78 is 0. The molecule has 2 N–H and O–H groups in total. The molecule has 0 saturated carbocycles. The molecule has 0 atom stereocenters. The number of nitrogens with two attached hydrogens (primary N) is 1. The second-order valence-electron chi connectivity index (χ2n) is 4.00. The molecule has 5 nitrogen and oxygen atoms in total. The highest BCUT2D eigenvalue weighted by Crippen LogP contribution is 2.22.